The topological polar surface area (TPSA) is 109 Å². The van der Waals surface area contributed by atoms with Gasteiger partial charge in [0.15, 0.2) is 6.61 Å². The Kier molecular flexibility index (Phi) is 8.31. The summed E-state index contributed by atoms with van der Waals surface area (Å²) in [5.41, 5.74) is 4.87. The monoisotopic (exact) mass is 508 g/mol. The SMILES string of the molecule is Cc1ccc(NC(=O)C(=O)N/N=C\c2cc(Br)ccc2OCC(=O)Nc2ccccc2)cc1. The van der Waals surface area contributed by atoms with Gasteiger partial charge in [-0.3, -0.25) is 14.4 Å². The number of hydrogen-bond donors (Lipinski definition) is 3. The molecule has 3 aromatic carbocycles. The van der Waals surface area contributed by atoms with E-state index in [1.54, 1.807) is 42.5 Å². The predicted octanol–water partition coefficient (Wildman–Crippen LogP) is 3.86. The van der Waals surface area contributed by atoms with Gasteiger partial charge in [0.2, 0.25) is 0 Å². The summed E-state index contributed by atoms with van der Waals surface area (Å²) in [4.78, 5) is 36.2. The van der Waals surface area contributed by atoms with E-state index in [-0.39, 0.29) is 12.5 Å². The molecule has 0 spiro atoms. The van der Waals surface area contributed by atoms with Crippen LogP contribution in [0.1, 0.15) is 11.1 Å². The van der Waals surface area contributed by atoms with Crippen molar-refractivity contribution in [2.24, 2.45) is 5.10 Å². The number of anilines is 2. The Bertz CT molecular complexity index is 1160. The molecule has 33 heavy (non-hydrogen) atoms. The average molecular weight is 509 g/mol. The summed E-state index contributed by atoms with van der Waals surface area (Å²) in [7, 11) is 0. The minimum absolute atomic E-state index is 0.220. The third-order valence-electron chi connectivity index (χ3n) is 4.27. The molecule has 3 rings (SSSR count). The van der Waals surface area contributed by atoms with Gasteiger partial charge in [-0.1, -0.05) is 51.8 Å². The van der Waals surface area contributed by atoms with Crippen LogP contribution in [0.4, 0.5) is 11.4 Å². The quantitative estimate of drug-likeness (QED) is 0.255. The number of amides is 3. The Labute approximate surface area is 199 Å². The maximum Gasteiger partial charge on any atom is 0.329 e. The highest BCUT2D eigenvalue weighted by molar-refractivity contribution is 9.10. The molecule has 0 aliphatic rings. The number of halogens is 1. The van der Waals surface area contributed by atoms with Crippen molar-refractivity contribution in [3.63, 3.8) is 0 Å². The summed E-state index contributed by atoms with van der Waals surface area (Å²) >= 11 is 3.36. The molecule has 0 saturated heterocycles. The molecule has 0 heterocycles. The molecule has 3 N–H and O–H groups in total. The normalized spacial score (nSPS) is 10.5. The van der Waals surface area contributed by atoms with Crippen molar-refractivity contribution in [2.75, 3.05) is 17.2 Å². The zero-order chi connectivity index (χ0) is 23.6. The largest absolute Gasteiger partial charge is 0.483 e. The summed E-state index contributed by atoms with van der Waals surface area (Å²) < 4.78 is 6.35. The van der Waals surface area contributed by atoms with Crippen LogP contribution in [0.15, 0.2) is 82.4 Å². The molecule has 168 valence electrons. The molecular weight excluding hydrogens is 488 g/mol. The molecule has 3 amide bonds. The standard InChI is InChI=1S/C24H21BrN4O4/c1-16-7-10-20(11-8-16)28-23(31)24(32)29-26-14-17-13-18(25)9-12-21(17)33-15-22(30)27-19-5-3-2-4-6-19/h2-14H,15H2,1H3,(H,27,30)(H,28,31)(H,29,32)/b26-14-. The van der Waals surface area contributed by atoms with Crippen molar-refractivity contribution in [1.82, 2.24) is 5.43 Å². The zero-order valence-corrected chi connectivity index (χ0v) is 19.3. The molecule has 0 aromatic heterocycles. The fraction of sp³-hybridized carbons (Fsp3) is 0.0833. The van der Waals surface area contributed by atoms with E-state index in [4.69, 9.17) is 4.74 Å². The minimum Gasteiger partial charge on any atom is -0.483 e. The van der Waals surface area contributed by atoms with E-state index in [2.05, 4.69) is 37.1 Å². The smallest absolute Gasteiger partial charge is 0.329 e. The minimum atomic E-state index is -0.925. The summed E-state index contributed by atoms with van der Waals surface area (Å²) in [5.74, 6) is -1.72. The number of nitrogens with zero attached hydrogens (tertiary/aromatic N) is 1. The molecule has 0 unspecified atom stereocenters. The number of nitrogens with one attached hydrogen (secondary N) is 3. The maximum atomic E-state index is 12.1. The molecule has 3 aromatic rings. The van der Waals surface area contributed by atoms with Gasteiger partial charge in [0.05, 0.1) is 6.21 Å². The molecule has 0 fully saturated rings. The maximum absolute atomic E-state index is 12.1. The van der Waals surface area contributed by atoms with E-state index < -0.39 is 11.8 Å². The van der Waals surface area contributed by atoms with Crippen LogP contribution >= 0.6 is 15.9 Å². The van der Waals surface area contributed by atoms with Gasteiger partial charge in [-0.25, -0.2) is 5.43 Å². The molecular formula is C24H21BrN4O4. The first-order valence-electron chi connectivity index (χ1n) is 9.89. The number of para-hydroxylation sites is 1. The van der Waals surface area contributed by atoms with Crippen LogP contribution in [0.5, 0.6) is 5.75 Å². The van der Waals surface area contributed by atoms with Crippen LogP contribution in [-0.4, -0.2) is 30.5 Å². The van der Waals surface area contributed by atoms with Gasteiger partial charge < -0.3 is 15.4 Å². The van der Waals surface area contributed by atoms with Gasteiger partial charge >= 0.3 is 11.8 Å². The van der Waals surface area contributed by atoms with E-state index in [1.807, 2.05) is 37.3 Å². The van der Waals surface area contributed by atoms with Gasteiger partial charge in [-0.15, -0.1) is 0 Å². The lowest BCUT2D eigenvalue weighted by atomic mass is 10.2. The number of rotatable bonds is 7. The van der Waals surface area contributed by atoms with E-state index in [9.17, 15) is 14.4 Å². The molecule has 8 nitrogen and oxygen atoms in total. The molecule has 0 bridgehead atoms. The van der Waals surface area contributed by atoms with Crippen molar-refractivity contribution < 1.29 is 19.1 Å². The Morgan fingerprint density at radius 1 is 0.909 bits per heavy atom. The fourth-order valence-corrected chi connectivity index (χ4v) is 3.03. The van der Waals surface area contributed by atoms with Crippen LogP contribution in [-0.2, 0) is 14.4 Å². The molecule has 9 heteroatoms. The van der Waals surface area contributed by atoms with E-state index >= 15 is 0 Å². The van der Waals surface area contributed by atoms with Gasteiger partial charge in [-0.05, 0) is 49.4 Å². The molecule has 0 atom stereocenters. The third kappa shape index (κ3) is 7.58. The lowest BCUT2D eigenvalue weighted by molar-refractivity contribution is -0.136. The van der Waals surface area contributed by atoms with Crippen LogP contribution < -0.4 is 20.8 Å². The summed E-state index contributed by atoms with van der Waals surface area (Å²) in [6.07, 6.45) is 1.33. The Hall–Kier alpha value is -3.98. The molecule has 0 radical (unpaired) electrons. The second-order valence-corrected chi connectivity index (χ2v) is 7.82. The first-order chi connectivity index (χ1) is 15.9. The van der Waals surface area contributed by atoms with E-state index in [0.717, 1.165) is 10.0 Å². The number of ether oxygens (including phenoxy) is 1. The molecule has 0 saturated carbocycles. The summed E-state index contributed by atoms with van der Waals surface area (Å²) in [5, 5.41) is 9.05. The Morgan fingerprint density at radius 3 is 2.33 bits per heavy atom. The van der Waals surface area contributed by atoms with Gasteiger partial charge in [0.25, 0.3) is 5.91 Å². The highest BCUT2D eigenvalue weighted by Crippen LogP contribution is 2.22. The van der Waals surface area contributed by atoms with Gasteiger partial charge in [0, 0.05) is 21.4 Å². The predicted molar refractivity (Wildman–Crippen MR) is 130 cm³/mol. The first-order valence-corrected chi connectivity index (χ1v) is 10.7. The van der Waals surface area contributed by atoms with Crippen LogP contribution in [0, 0.1) is 6.92 Å². The summed E-state index contributed by atoms with van der Waals surface area (Å²) in [6.45, 7) is 1.70. The number of hydrazone groups is 1. The van der Waals surface area contributed by atoms with Crippen molar-refractivity contribution in [2.45, 2.75) is 6.92 Å². The van der Waals surface area contributed by atoms with Gasteiger partial charge in [-0.2, -0.15) is 5.10 Å². The lowest BCUT2D eigenvalue weighted by Crippen LogP contribution is -2.32. The lowest BCUT2D eigenvalue weighted by Gasteiger charge is -2.10. The Balaban J connectivity index is 1.56. The van der Waals surface area contributed by atoms with Crippen molar-refractivity contribution in [1.29, 1.82) is 0 Å². The highest BCUT2D eigenvalue weighted by Gasteiger charge is 2.13. The first kappa shape index (κ1) is 23.7. The van der Waals surface area contributed by atoms with Crippen molar-refractivity contribution >= 4 is 51.2 Å². The van der Waals surface area contributed by atoms with E-state index in [0.29, 0.717) is 22.7 Å². The van der Waals surface area contributed by atoms with Crippen LogP contribution in [0.2, 0.25) is 0 Å². The average Bonchev–Trinajstić information content (AvgIpc) is 2.80. The summed E-state index contributed by atoms with van der Waals surface area (Å²) in [6, 6.07) is 21.2. The number of hydrogen-bond acceptors (Lipinski definition) is 5. The number of carbonyl (C=O) groups excluding carboxylic acids is 3. The number of carbonyl (C=O) groups is 3. The number of benzene rings is 3. The highest BCUT2D eigenvalue weighted by atomic mass is 79.9. The fourth-order valence-electron chi connectivity index (χ4n) is 2.65. The van der Waals surface area contributed by atoms with Crippen LogP contribution in [0.3, 0.4) is 0 Å². The Morgan fingerprint density at radius 2 is 1.61 bits per heavy atom. The second kappa shape index (κ2) is 11.6. The van der Waals surface area contributed by atoms with Crippen molar-refractivity contribution in [3.05, 3.63) is 88.4 Å². The zero-order valence-electron chi connectivity index (χ0n) is 17.7. The number of aryl methyl sites for hydroxylation is 1. The third-order valence-corrected chi connectivity index (χ3v) is 4.77. The molecule has 0 aliphatic carbocycles. The van der Waals surface area contributed by atoms with E-state index in [1.165, 1.54) is 6.21 Å². The second-order valence-electron chi connectivity index (χ2n) is 6.90. The van der Waals surface area contributed by atoms with Crippen molar-refractivity contribution in [3.8, 4) is 5.75 Å². The van der Waals surface area contributed by atoms with Crippen LogP contribution in [0.25, 0.3) is 0 Å². The van der Waals surface area contributed by atoms with Gasteiger partial charge in [0.1, 0.15) is 5.75 Å². The molecule has 0 aliphatic heterocycles.